The maximum absolute atomic E-state index is 12.8. The Hall–Kier alpha value is -2.42. The number of methoxy groups -OCH3 is 1. The normalized spacial score (nSPS) is 11.1. The number of rotatable bonds is 5. The van der Waals surface area contributed by atoms with Crippen molar-refractivity contribution < 1.29 is 22.3 Å². The first-order valence-corrected chi connectivity index (χ1v) is 7.27. The Morgan fingerprint density at radius 3 is 2.67 bits per heavy atom. The molecule has 1 aromatic heterocycles. The van der Waals surface area contributed by atoms with E-state index in [0.29, 0.717) is 0 Å². The topological polar surface area (TPSA) is 90.3 Å². The number of esters is 1. The average Bonchev–Trinajstić information content (AvgIpc) is 2.90. The fourth-order valence-electron chi connectivity index (χ4n) is 1.50. The minimum atomic E-state index is -3.86. The molecule has 7 nitrogen and oxygen atoms in total. The third-order valence-corrected chi connectivity index (χ3v) is 3.87. The van der Waals surface area contributed by atoms with Crippen molar-refractivity contribution in [3.8, 4) is 0 Å². The van der Waals surface area contributed by atoms with Crippen molar-refractivity contribution in [3.05, 3.63) is 42.5 Å². The van der Waals surface area contributed by atoms with Gasteiger partial charge in [0.05, 0.1) is 13.3 Å². The highest BCUT2D eigenvalue weighted by molar-refractivity contribution is 7.92. The highest BCUT2D eigenvalue weighted by Gasteiger charge is 2.17. The Morgan fingerprint density at radius 2 is 2.05 bits per heavy atom. The van der Waals surface area contributed by atoms with Gasteiger partial charge in [-0.1, -0.05) is 0 Å². The second kappa shape index (κ2) is 5.92. The summed E-state index contributed by atoms with van der Waals surface area (Å²) in [6, 6.07) is 4.87. The van der Waals surface area contributed by atoms with Gasteiger partial charge in [0.2, 0.25) is 0 Å². The van der Waals surface area contributed by atoms with Gasteiger partial charge in [-0.25, -0.2) is 12.8 Å². The molecule has 0 atom stereocenters. The molecule has 21 heavy (non-hydrogen) atoms. The number of nitrogens with zero attached hydrogens (tertiary/aromatic N) is 2. The zero-order chi connectivity index (χ0) is 15.5. The molecule has 0 saturated carbocycles. The molecule has 112 valence electrons. The quantitative estimate of drug-likeness (QED) is 0.832. The number of benzene rings is 1. The first-order valence-electron chi connectivity index (χ1n) is 5.78. The largest absolute Gasteiger partial charge is 0.468 e. The van der Waals surface area contributed by atoms with Gasteiger partial charge in [0.15, 0.2) is 0 Å². The number of sulfonamides is 1. The Kier molecular flexibility index (Phi) is 4.22. The van der Waals surface area contributed by atoms with Gasteiger partial charge in [-0.2, -0.15) is 5.10 Å². The van der Waals surface area contributed by atoms with Crippen LogP contribution in [0.5, 0.6) is 0 Å². The summed E-state index contributed by atoms with van der Waals surface area (Å²) in [5, 5.41) is 3.76. The Morgan fingerprint density at radius 1 is 1.38 bits per heavy atom. The van der Waals surface area contributed by atoms with Gasteiger partial charge in [0.1, 0.15) is 17.3 Å². The van der Waals surface area contributed by atoms with E-state index in [9.17, 15) is 17.6 Å². The fraction of sp³-hybridized carbons (Fsp3) is 0.167. The molecule has 0 spiro atoms. The van der Waals surface area contributed by atoms with E-state index in [1.54, 1.807) is 0 Å². The van der Waals surface area contributed by atoms with Gasteiger partial charge in [-0.05, 0) is 24.3 Å². The van der Waals surface area contributed by atoms with Crippen LogP contribution in [0.15, 0.2) is 41.6 Å². The number of carbonyl (C=O) groups excluding carboxylic acids is 1. The summed E-state index contributed by atoms with van der Waals surface area (Å²) in [5.74, 6) is -1.02. The van der Waals surface area contributed by atoms with Gasteiger partial charge < -0.3 is 4.74 Å². The Bertz CT molecular complexity index is 740. The van der Waals surface area contributed by atoms with Crippen LogP contribution in [0.3, 0.4) is 0 Å². The zero-order valence-electron chi connectivity index (χ0n) is 11.0. The van der Waals surface area contributed by atoms with Crippen molar-refractivity contribution in [2.45, 2.75) is 11.4 Å². The average molecular weight is 313 g/mol. The fourth-order valence-corrected chi connectivity index (χ4v) is 2.51. The maximum atomic E-state index is 12.8. The van der Waals surface area contributed by atoms with Gasteiger partial charge in [0, 0.05) is 11.9 Å². The molecule has 1 aromatic carbocycles. The summed E-state index contributed by atoms with van der Waals surface area (Å²) >= 11 is 0. The molecule has 0 amide bonds. The molecule has 0 aliphatic heterocycles. The van der Waals surface area contributed by atoms with E-state index in [4.69, 9.17) is 0 Å². The van der Waals surface area contributed by atoms with Crippen LogP contribution in [-0.4, -0.2) is 31.3 Å². The third-order valence-electron chi connectivity index (χ3n) is 2.54. The van der Waals surface area contributed by atoms with Crippen molar-refractivity contribution in [3.63, 3.8) is 0 Å². The van der Waals surface area contributed by atoms with E-state index in [1.807, 2.05) is 0 Å². The Labute approximate surface area is 120 Å². The minimum Gasteiger partial charge on any atom is -0.468 e. The van der Waals surface area contributed by atoms with E-state index in [2.05, 4.69) is 14.6 Å². The highest BCUT2D eigenvalue weighted by Crippen LogP contribution is 2.15. The summed E-state index contributed by atoms with van der Waals surface area (Å²) in [5.41, 5.74) is 0.220. The molecule has 1 heterocycles. The van der Waals surface area contributed by atoms with Crippen LogP contribution in [0, 0.1) is 5.82 Å². The summed E-state index contributed by atoms with van der Waals surface area (Å²) in [6.45, 7) is -0.192. The van der Waals surface area contributed by atoms with E-state index in [0.717, 1.165) is 23.0 Å². The monoisotopic (exact) mass is 313 g/mol. The van der Waals surface area contributed by atoms with E-state index in [1.165, 1.54) is 25.4 Å². The van der Waals surface area contributed by atoms with Gasteiger partial charge in [-0.15, -0.1) is 0 Å². The zero-order valence-corrected chi connectivity index (χ0v) is 11.8. The molecule has 0 aliphatic carbocycles. The summed E-state index contributed by atoms with van der Waals surface area (Å²) in [4.78, 5) is 11.0. The van der Waals surface area contributed by atoms with Gasteiger partial charge in [0.25, 0.3) is 10.0 Å². The summed E-state index contributed by atoms with van der Waals surface area (Å²) < 4.78 is 44.8. The van der Waals surface area contributed by atoms with Crippen molar-refractivity contribution in [2.75, 3.05) is 11.8 Å². The second-order valence-electron chi connectivity index (χ2n) is 4.06. The van der Waals surface area contributed by atoms with E-state index in [-0.39, 0.29) is 17.1 Å². The molecule has 0 unspecified atom stereocenters. The lowest BCUT2D eigenvalue weighted by Gasteiger charge is -2.05. The van der Waals surface area contributed by atoms with Crippen LogP contribution >= 0.6 is 0 Å². The number of aromatic nitrogens is 2. The number of carbonyl (C=O) groups is 1. The minimum absolute atomic E-state index is 0.115. The molecule has 0 saturated heterocycles. The van der Waals surface area contributed by atoms with Crippen LogP contribution < -0.4 is 4.72 Å². The number of ether oxygens (including phenoxy) is 1. The van der Waals surface area contributed by atoms with Crippen molar-refractivity contribution in [2.24, 2.45) is 0 Å². The predicted octanol–water partition coefficient (Wildman–Crippen LogP) is 0.996. The summed E-state index contributed by atoms with van der Waals surface area (Å²) in [6.07, 6.45) is 2.30. The molecular formula is C12H12FN3O4S. The molecule has 0 fully saturated rings. The molecule has 0 bridgehead atoms. The third kappa shape index (κ3) is 3.78. The number of halogens is 1. The predicted molar refractivity (Wildman–Crippen MR) is 71.5 cm³/mol. The number of hydrogen-bond acceptors (Lipinski definition) is 5. The molecule has 9 heteroatoms. The maximum Gasteiger partial charge on any atom is 0.327 e. The van der Waals surface area contributed by atoms with Crippen LogP contribution in [0.4, 0.5) is 10.1 Å². The molecule has 1 N–H and O–H groups in total. The van der Waals surface area contributed by atoms with Crippen LogP contribution in [0.25, 0.3) is 0 Å². The first kappa shape index (κ1) is 15.0. The van der Waals surface area contributed by atoms with Crippen LogP contribution in [0.2, 0.25) is 0 Å². The molecular weight excluding hydrogens is 301 g/mol. The molecule has 2 rings (SSSR count). The second-order valence-corrected chi connectivity index (χ2v) is 5.74. The van der Waals surface area contributed by atoms with Gasteiger partial charge >= 0.3 is 5.97 Å². The molecule has 0 radical (unpaired) electrons. The van der Waals surface area contributed by atoms with Crippen molar-refractivity contribution >= 4 is 21.7 Å². The van der Waals surface area contributed by atoms with Crippen LogP contribution in [-0.2, 0) is 26.1 Å². The number of anilines is 1. The first-order chi connectivity index (χ1) is 9.90. The Balaban J connectivity index is 2.16. The van der Waals surface area contributed by atoms with E-state index < -0.39 is 21.8 Å². The lowest BCUT2D eigenvalue weighted by Crippen LogP contribution is -2.13. The SMILES string of the molecule is COC(=O)Cn1cc(S(=O)(=O)Nc2ccc(F)cc2)cn1. The molecule has 0 aliphatic rings. The lowest BCUT2D eigenvalue weighted by molar-refractivity contribution is -0.141. The number of hydrogen-bond donors (Lipinski definition) is 1. The molecule has 2 aromatic rings. The highest BCUT2D eigenvalue weighted by atomic mass is 32.2. The lowest BCUT2D eigenvalue weighted by atomic mass is 10.3. The van der Waals surface area contributed by atoms with Gasteiger partial charge in [-0.3, -0.25) is 14.2 Å². The van der Waals surface area contributed by atoms with Crippen molar-refractivity contribution in [1.82, 2.24) is 9.78 Å². The van der Waals surface area contributed by atoms with Crippen molar-refractivity contribution in [1.29, 1.82) is 0 Å². The standard InChI is InChI=1S/C12H12FN3O4S/c1-20-12(17)8-16-7-11(6-14-16)21(18,19)15-10-4-2-9(13)3-5-10/h2-7,15H,8H2,1H3. The smallest absolute Gasteiger partial charge is 0.327 e. The number of nitrogens with one attached hydrogen (secondary N) is 1. The van der Waals surface area contributed by atoms with Crippen LogP contribution in [0.1, 0.15) is 0 Å². The summed E-state index contributed by atoms with van der Waals surface area (Å²) in [7, 11) is -2.63. The van der Waals surface area contributed by atoms with E-state index >= 15 is 0 Å².